The molecule has 4 rings (SSSR count). The van der Waals surface area contributed by atoms with Gasteiger partial charge in [-0.25, -0.2) is 9.59 Å². The maximum absolute atomic E-state index is 13.8. The number of rotatable bonds is 7. The summed E-state index contributed by atoms with van der Waals surface area (Å²) in [6.07, 6.45) is 1.44. The Morgan fingerprint density at radius 3 is 2.31 bits per heavy atom. The highest BCUT2D eigenvalue weighted by Crippen LogP contribution is 2.41. The third-order valence-corrected chi connectivity index (χ3v) is 7.88. The lowest BCUT2D eigenvalue weighted by molar-refractivity contribution is -0.153. The van der Waals surface area contributed by atoms with Crippen molar-refractivity contribution < 1.29 is 28.6 Å². The highest BCUT2D eigenvalue weighted by atomic mass is 35.5. The first-order valence-electron chi connectivity index (χ1n) is 13.0. The minimum absolute atomic E-state index is 0.209. The second-order valence-electron chi connectivity index (χ2n) is 10.9. The van der Waals surface area contributed by atoms with Gasteiger partial charge in [-0.1, -0.05) is 41.4 Å². The molecule has 2 heterocycles. The van der Waals surface area contributed by atoms with Crippen LogP contribution < -0.4 is 4.74 Å². The van der Waals surface area contributed by atoms with Crippen molar-refractivity contribution in [3.8, 4) is 5.75 Å². The van der Waals surface area contributed by atoms with Crippen molar-refractivity contribution in [2.75, 3.05) is 20.2 Å². The Morgan fingerprint density at radius 2 is 1.69 bits per heavy atom. The van der Waals surface area contributed by atoms with Gasteiger partial charge in [0, 0.05) is 35.1 Å². The Labute approximate surface area is 239 Å². The van der Waals surface area contributed by atoms with E-state index < -0.39 is 29.2 Å². The predicted molar refractivity (Wildman–Crippen MR) is 148 cm³/mol. The average molecular weight is 578 g/mol. The van der Waals surface area contributed by atoms with Crippen molar-refractivity contribution in [3.63, 3.8) is 0 Å². The number of ether oxygens (including phenoxy) is 3. The van der Waals surface area contributed by atoms with E-state index in [-0.39, 0.29) is 18.9 Å². The molecule has 2 aromatic rings. The summed E-state index contributed by atoms with van der Waals surface area (Å²) < 4.78 is 16.5. The van der Waals surface area contributed by atoms with Crippen molar-refractivity contribution in [3.05, 3.63) is 63.6 Å². The van der Waals surface area contributed by atoms with Crippen molar-refractivity contribution in [1.29, 1.82) is 0 Å². The number of likely N-dealkylation sites (tertiary alicyclic amines) is 2. The second kappa shape index (κ2) is 11.6. The summed E-state index contributed by atoms with van der Waals surface area (Å²) in [4.78, 5) is 42.7. The molecular formula is C29H34Cl2N2O6. The number of amides is 2. The van der Waals surface area contributed by atoms with Crippen LogP contribution in [0.25, 0.3) is 0 Å². The van der Waals surface area contributed by atoms with E-state index in [0.29, 0.717) is 53.7 Å². The van der Waals surface area contributed by atoms with Crippen LogP contribution >= 0.6 is 23.2 Å². The Balaban J connectivity index is 1.47. The maximum Gasteiger partial charge on any atom is 0.411 e. The largest absolute Gasteiger partial charge is 0.489 e. The first kappa shape index (κ1) is 29.0. The number of esters is 1. The fourth-order valence-electron chi connectivity index (χ4n) is 5.25. The summed E-state index contributed by atoms with van der Waals surface area (Å²) >= 11 is 12.5. The summed E-state index contributed by atoms with van der Waals surface area (Å²) in [5.41, 5.74) is -0.138. The minimum Gasteiger partial charge on any atom is -0.489 e. The molecule has 0 saturated carbocycles. The molecule has 0 N–H and O–H groups in total. The molecule has 2 saturated heterocycles. The zero-order valence-electron chi connectivity index (χ0n) is 22.7. The molecular weight excluding hydrogens is 543 g/mol. The number of carbonyl (C=O) groups excluding carboxylic acids is 3. The Bertz CT molecular complexity index is 1210. The van der Waals surface area contributed by atoms with Gasteiger partial charge in [-0.15, -0.1) is 0 Å². The number of benzene rings is 2. The SMILES string of the molecule is COC(=O)[C@H](Cc1ccc(OCc2c(Cl)cccc2Cl)cc1)N1CC[C@@]2(CCCN2C(=O)OC(C)(C)C)C1=O. The first-order chi connectivity index (χ1) is 18.4. The zero-order valence-corrected chi connectivity index (χ0v) is 24.2. The molecule has 2 aliphatic heterocycles. The van der Waals surface area contributed by atoms with Crippen LogP contribution in [-0.4, -0.2) is 65.2 Å². The lowest BCUT2D eigenvalue weighted by atomic mass is 9.94. The molecule has 39 heavy (non-hydrogen) atoms. The van der Waals surface area contributed by atoms with Gasteiger partial charge in [-0.3, -0.25) is 9.69 Å². The van der Waals surface area contributed by atoms with Crippen molar-refractivity contribution >= 4 is 41.2 Å². The molecule has 8 nitrogen and oxygen atoms in total. The smallest absolute Gasteiger partial charge is 0.411 e. The van der Waals surface area contributed by atoms with E-state index in [1.165, 1.54) is 7.11 Å². The predicted octanol–water partition coefficient (Wildman–Crippen LogP) is 5.66. The van der Waals surface area contributed by atoms with Gasteiger partial charge >= 0.3 is 12.1 Å². The van der Waals surface area contributed by atoms with Gasteiger partial charge in [-0.05, 0) is 69.9 Å². The number of halogens is 2. The molecule has 2 amide bonds. The van der Waals surface area contributed by atoms with Crippen LogP contribution in [-0.2, 0) is 32.1 Å². The van der Waals surface area contributed by atoms with Crippen LogP contribution in [0.2, 0.25) is 10.0 Å². The summed E-state index contributed by atoms with van der Waals surface area (Å²) in [6.45, 7) is 6.39. The fourth-order valence-corrected chi connectivity index (χ4v) is 5.76. The number of methoxy groups -OCH3 is 1. The molecule has 0 aromatic heterocycles. The zero-order chi connectivity index (χ0) is 28.4. The number of hydrogen-bond acceptors (Lipinski definition) is 6. The minimum atomic E-state index is -0.994. The molecule has 2 aliphatic rings. The second-order valence-corrected chi connectivity index (χ2v) is 11.7. The van der Waals surface area contributed by atoms with Gasteiger partial charge < -0.3 is 19.1 Å². The van der Waals surface area contributed by atoms with E-state index in [9.17, 15) is 14.4 Å². The molecule has 0 aliphatic carbocycles. The van der Waals surface area contributed by atoms with Crippen LogP contribution in [0.1, 0.15) is 51.2 Å². The summed E-state index contributed by atoms with van der Waals surface area (Å²) in [5, 5.41) is 1.06. The molecule has 0 radical (unpaired) electrons. The van der Waals surface area contributed by atoms with E-state index >= 15 is 0 Å². The Kier molecular flexibility index (Phi) is 8.66. The van der Waals surface area contributed by atoms with Gasteiger partial charge in [0.05, 0.1) is 7.11 Å². The Hall–Kier alpha value is -2.97. The number of hydrogen-bond donors (Lipinski definition) is 0. The standard InChI is InChI=1S/C29H34Cl2N2O6/c1-28(2,3)39-27(36)33-15-6-13-29(33)14-16-32(26(29)35)24(25(34)37-4)17-19-9-11-20(12-10-19)38-18-21-22(30)7-5-8-23(21)31/h5,7-12,24H,6,13-18H2,1-4H3/t24-,29-/m0/s1. The third kappa shape index (κ3) is 6.28. The molecule has 2 aromatic carbocycles. The molecule has 10 heteroatoms. The lowest BCUT2D eigenvalue weighted by Gasteiger charge is -2.35. The fraction of sp³-hybridized carbons (Fsp3) is 0.483. The van der Waals surface area contributed by atoms with E-state index in [1.54, 1.807) is 60.9 Å². The third-order valence-electron chi connectivity index (χ3n) is 7.17. The van der Waals surface area contributed by atoms with Crippen LogP contribution in [0.3, 0.4) is 0 Å². The monoisotopic (exact) mass is 576 g/mol. The van der Waals surface area contributed by atoms with Crippen LogP contribution in [0, 0.1) is 0 Å². The van der Waals surface area contributed by atoms with Gasteiger partial charge in [-0.2, -0.15) is 0 Å². The Morgan fingerprint density at radius 1 is 1.03 bits per heavy atom. The number of nitrogens with zero attached hydrogens (tertiary/aromatic N) is 2. The highest BCUT2D eigenvalue weighted by Gasteiger charge is 2.57. The highest BCUT2D eigenvalue weighted by molar-refractivity contribution is 6.35. The van der Waals surface area contributed by atoms with Gasteiger partial charge in [0.2, 0.25) is 5.91 Å². The van der Waals surface area contributed by atoms with Crippen LogP contribution in [0.4, 0.5) is 4.79 Å². The van der Waals surface area contributed by atoms with E-state index in [1.807, 2.05) is 12.1 Å². The molecule has 2 atom stereocenters. The van der Waals surface area contributed by atoms with Crippen molar-refractivity contribution in [1.82, 2.24) is 9.80 Å². The average Bonchev–Trinajstić information content (AvgIpc) is 3.46. The summed E-state index contributed by atoms with van der Waals surface area (Å²) in [7, 11) is 1.31. The van der Waals surface area contributed by atoms with Crippen LogP contribution in [0.5, 0.6) is 5.75 Å². The van der Waals surface area contributed by atoms with Gasteiger partial charge in [0.1, 0.15) is 29.5 Å². The van der Waals surface area contributed by atoms with E-state index in [4.69, 9.17) is 37.4 Å². The molecule has 0 bridgehead atoms. The molecule has 2 fully saturated rings. The number of carbonyl (C=O) groups is 3. The van der Waals surface area contributed by atoms with Crippen molar-refractivity contribution in [2.45, 2.75) is 70.2 Å². The quantitative estimate of drug-likeness (QED) is 0.395. The molecule has 0 unspecified atom stereocenters. The summed E-state index contributed by atoms with van der Waals surface area (Å²) in [5.74, 6) is -0.131. The summed E-state index contributed by atoms with van der Waals surface area (Å²) in [6, 6.07) is 11.7. The molecule has 210 valence electrons. The van der Waals surface area contributed by atoms with E-state index in [2.05, 4.69) is 0 Å². The topological polar surface area (TPSA) is 85.4 Å². The van der Waals surface area contributed by atoms with Crippen LogP contribution in [0.15, 0.2) is 42.5 Å². The maximum atomic E-state index is 13.8. The van der Waals surface area contributed by atoms with Gasteiger partial charge in [0.25, 0.3) is 0 Å². The van der Waals surface area contributed by atoms with Crippen molar-refractivity contribution in [2.24, 2.45) is 0 Å². The van der Waals surface area contributed by atoms with E-state index in [0.717, 1.165) is 5.56 Å². The molecule has 1 spiro atoms. The first-order valence-corrected chi connectivity index (χ1v) is 13.7. The normalized spacial score (nSPS) is 19.9. The lowest BCUT2D eigenvalue weighted by Crippen LogP contribution is -2.56. The van der Waals surface area contributed by atoms with Gasteiger partial charge in [0.15, 0.2) is 0 Å².